The highest BCUT2D eigenvalue weighted by molar-refractivity contribution is 6.84. The predicted molar refractivity (Wildman–Crippen MR) is 56.5 cm³/mol. The number of hydrogen-bond donors (Lipinski definition) is 0. The van der Waals surface area contributed by atoms with Gasteiger partial charge in [-0.05, 0) is 6.42 Å². The summed E-state index contributed by atoms with van der Waals surface area (Å²) in [6.07, 6.45) is 3.19. The molecule has 0 aromatic carbocycles. The normalized spacial score (nSPS) is 11.1. The fraction of sp³-hybridized carbons (Fsp3) is 0.600. The Labute approximate surface area is 72.0 Å². The third-order valence-electron chi connectivity index (χ3n) is 2.69. The van der Waals surface area contributed by atoms with Gasteiger partial charge in [0.25, 0.3) is 0 Å². The molecule has 0 aliphatic heterocycles. The van der Waals surface area contributed by atoms with Crippen molar-refractivity contribution in [2.24, 2.45) is 0 Å². The maximum atomic E-state index is 3.96. The van der Waals surface area contributed by atoms with Gasteiger partial charge >= 0.3 is 0 Å². The zero-order valence-corrected chi connectivity index (χ0v) is 8.90. The molecule has 0 aromatic rings. The second-order valence-corrected chi connectivity index (χ2v) is 8.15. The van der Waals surface area contributed by atoms with Crippen molar-refractivity contribution in [2.45, 2.75) is 38.4 Å². The second kappa shape index (κ2) is 5.36. The molecule has 0 nitrogen and oxygen atoms in total. The number of rotatable bonds is 6. The molecule has 0 saturated carbocycles. The molecule has 11 heavy (non-hydrogen) atoms. The lowest BCUT2D eigenvalue weighted by molar-refractivity contribution is 1.11. The Morgan fingerprint density at radius 3 is 2.00 bits per heavy atom. The SMILES string of the molecule is C=CCC[Si](C=C)(CC)CC. The molecule has 0 fully saturated rings. The minimum absolute atomic E-state index is 1.05. The van der Waals surface area contributed by atoms with E-state index in [9.17, 15) is 0 Å². The van der Waals surface area contributed by atoms with Crippen LogP contribution in [0.3, 0.4) is 0 Å². The molecule has 0 heterocycles. The van der Waals surface area contributed by atoms with Crippen LogP contribution in [0.4, 0.5) is 0 Å². The van der Waals surface area contributed by atoms with E-state index in [2.05, 4.69) is 32.7 Å². The van der Waals surface area contributed by atoms with Crippen molar-refractivity contribution in [2.75, 3.05) is 0 Å². The monoisotopic (exact) mass is 168 g/mol. The van der Waals surface area contributed by atoms with Crippen molar-refractivity contribution in [1.82, 2.24) is 0 Å². The standard InChI is InChI=1S/C10H20Si/c1-5-9-10-11(6-2,7-3)8-4/h5-6H,1-2,7-10H2,3-4H3. The zero-order valence-electron chi connectivity index (χ0n) is 7.90. The largest absolute Gasteiger partial charge is 0.107 e. The van der Waals surface area contributed by atoms with Crippen LogP contribution in [0.2, 0.25) is 18.1 Å². The summed E-state index contributed by atoms with van der Waals surface area (Å²) in [6.45, 7) is 12.3. The molecule has 0 bridgehead atoms. The minimum Gasteiger partial charge on any atom is -0.107 e. The number of hydrogen-bond acceptors (Lipinski definition) is 0. The molecule has 0 unspecified atom stereocenters. The van der Waals surface area contributed by atoms with E-state index in [0.29, 0.717) is 0 Å². The third-order valence-corrected chi connectivity index (χ3v) is 7.65. The van der Waals surface area contributed by atoms with Crippen LogP contribution in [0.1, 0.15) is 20.3 Å². The Kier molecular flexibility index (Phi) is 5.21. The smallest absolute Gasteiger partial charge is 0.0768 e. The van der Waals surface area contributed by atoms with Crippen LogP contribution in [0, 0.1) is 0 Å². The van der Waals surface area contributed by atoms with Crippen molar-refractivity contribution in [3.8, 4) is 0 Å². The molecule has 0 saturated heterocycles. The molecular formula is C10H20Si. The van der Waals surface area contributed by atoms with Gasteiger partial charge in [0.2, 0.25) is 0 Å². The van der Waals surface area contributed by atoms with E-state index < -0.39 is 8.07 Å². The Bertz CT molecular complexity index is 123. The number of allylic oxidation sites excluding steroid dienone is 1. The first-order valence-electron chi connectivity index (χ1n) is 4.49. The first kappa shape index (κ1) is 10.7. The van der Waals surface area contributed by atoms with Crippen molar-refractivity contribution in [3.63, 3.8) is 0 Å². The lowest BCUT2D eigenvalue weighted by atomic mass is 10.5. The molecule has 1 heteroatoms. The minimum atomic E-state index is -1.05. The first-order valence-corrected chi connectivity index (χ1v) is 7.19. The van der Waals surface area contributed by atoms with Crippen LogP contribution in [0.5, 0.6) is 0 Å². The lowest BCUT2D eigenvalue weighted by Crippen LogP contribution is -2.28. The Morgan fingerprint density at radius 1 is 1.18 bits per heavy atom. The van der Waals surface area contributed by atoms with Crippen LogP contribution in [0.15, 0.2) is 24.9 Å². The Balaban J connectivity index is 4.04. The van der Waals surface area contributed by atoms with Crippen LogP contribution >= 0.6 is 0 Å². The molecule has 0 amide bonds. The summed E-state index contributed by atoms with van der Waals surface area (Å²) in [5, 5.41) is 0. The predicted octanol–water partition coefficient (Wildman–Crippen LogP) is 3.78. The average Bonchev–Trinajstić information content (AvgIpc) is 2.08. The van der Waals surface area contributed by atoms with Crippen molar-refractivity contribution in [3.05, 3.63) is 24.9 Å². The average molecular weight is 168 g/mol. The van der Waals surface area contributed by atoms with Crippen LogP contribution in [-0.4, -0.2) is 8.07 Å². The summed E-state index contributed by atoms with van der Waals surface area (Å²) in [5.41, 5.74) is 2.25. The van der Waals surface area contributed by atoms with Gasteiger partial charge in [-0.2, -0.15) is 0 Å². The molecule has 0 spiro atoms. The fourth-order valence-electron chi connectivity index (χ4n) is 1.38. The molecular weight excluding hydrogens is 148 g/mol. The van der Waals surface area contributed by atoms with Gasteiger partial charge in [-0.25, -0.2) is 0 Å². The Hall–Kier alpha value is -0.303. The molecule has 64 valence electrons. The second-order valence-electron chi connectivity index (χ2n) is 3.10. The van der Waals surface area contributed by atoms with E-state index in [-0.39, 0.29) is 0 Å². The maximum absolute atomic E-state index is 3.96. The van der Waals surface area contributed by atoms with E-state index in [0.717, 1.165) is 0 Å². The summed E-state index contributed by atoms with van der Waals surface area (Å²) >= 11 is 0. The van der Waals surface area contributed by atoms with Crippen LogP contribution < -0.4 is 0 Å². The fourth-order valence-corrected chi connectivity index (χ4v) is 4.15. The van der Waals surface area contributed by atoms with Crippen molar-refractivity contribution < 1.29 is 0 Å². The van der Waals surface area contributed by atoms with Gasteiger partial charge in [0.15, 0.2) is 0 Å². The maximum Gasteiger partial charge on any atom is 0.0768 e. The summed E-state index contributed by atoms with van der Waals surface area (Å²) < 4.78 is 0. The quantitative estimate of drug-likeness (QED) is 0.418. The summed E-state index contributed by atoms with van der Waals surface area (Å²) in [5.74, 6) is 0. The molecule has 0 aliphatic rings. The molecule has 0 atom stereocenters. The van der Waals surface area contributed by atoms with Crippen molar-refractivity contribution >= 4 is 8.07 Å². The first-order chi connectivity index (χ1) is 5.24. The van der Waals surface area contributed by atoms with Gasteiger partial charge < -0.3 is 0 Å². The molecule has 0 radical (unpaired) electrons. The van der Waals surface area contributed by atoms with Gasteiger partial charge in [0.05, 0.1) is 8.07 Å². The molecule has 0 rings (SSSR count). The van der Waals surface area contributed by atoms with Crippen LogP contribution in [-0.2, 0) is 0 Å². The summed E-state index contributed by atoms with van der Waals surface area (Å²) in [4.78, 5) is 0. The summed E-state index contributed by atoms with van der Waals surface area (Å²) in [6, 6.07) is 4.01. The van der Waals surface area contributed by atoms with E-state index in [1.165, 1.54) is 24.6 Å². The van der Waals surface area contributed by atoms with E-state index in [1.807, 2.05) is 6.08 Å². The molecule has 0 aliphatic carbocycles. The summed E-state index contributed by atoms with van der Waals surface area (Å²) in [7, 11) is -1.05. The van der Waals surface area contributed by atoms with Crippen molar-refractivity contribution in [1.29, 1.82) is 0 Å². The highest BCUT2D eigenvalue weighted by Gasteiger charge is 2.23. The van der Waals surface area contributed by atoms with Crippen LogP contribution in [0.25, 0.3) is 0 Å². The van der Waals surface area contributed by atoms with Gasteiger partial charge in [-0.15, -0.1) is 18.9 Å². The van der Waals surface area contributed by atoms with Gasteiger partial charge in [-0.1, -0.05) is 38.1 Å². The zero-order chi connectivity index (χ0) is 8.74. The van der Waals surface area contributed by atoms with E-state index >= 15 is 0 Å². The van der Waals surface area contributed by atoms with Gasteiger partial charge in [-0.3, -0.25) is 0 Å². The van der Waals surface area contributed by atoms with E-state index in [4.69, 9.17) is 0 Å². The Morgan fingerprint density at radius 2 is 1.73 bits per heavy atom. The van der Waals surface area contributed by atoms with Gasteiger partial charge in [0, 0.05) is 0 Å². The third kappa shape index (κ3) is 3.06. The topological polar surface area (TPSA) is 0 Å². The molecule has 0 aromatic heterocycles. The molecule has 0 N–H and O–H groups in total. The highest BCUT2D eigenvalue weighted by Crippen LogP contribution is 2.23. The van der Waals surface area contributed by atoms with E-state index in [1.54, 1.807) is 0 Å². The van der Waals surface area contributed by atoms with Gasteiger partial charge in [0.1, 0.15) is 0 Å². The highest BCUT2D eigenvalue weighted by atomic mass is 28.3. The lowest BCUT2D eigenvalue weighted by Gasteiger charge is -2.24.